The maximum Gasteiger partial charge on any atom is 0.271 e. The monoisotopic (exact) mass is 514 g/mol. The fourth-order valence-electron chi connectivity index (χ4n) is 3.41. The first-order valence-electron chi connectivity index (χ1n) is 10.5. The third kappa shape index (κ3) is 5.06. The van der Waals surface area contributed by atoms with Crippen molar-refractivity contribution in [3.05, 3.63) is 93.5 Å². The van der Waals surface area contributed by atoms with Crippen LogP contribution in [-0.4, -0.2) is 17.7 Å². The number of carbonyl (C=O) groups is 1. The van der Waals surface area contributed by atoms with Gasteiger partial charge in [-0.05, 0) is 42.0 Å². The molecule has 1 aliphatic rings. The van der Waals surface area contributed by atoms with E-state index in [4.69, 9.17) is 25.8 Å². The number of benzene rings is 3. The predicted octanol–water partition coefficient (Wildman–Crippen LogP) is 5.98. The zero-order chi connectivity index (χ0) is 24.4. The largest absolute Gasteiger partial charge is 0.489 e. The molecule has 0 spiro atoms. The van der Waals surface area contributed by atoms with Crippen LogP contribution in [0.1, 0.15) is 21.6 Å². The fourth-order valence-corrected chi connectivity index (χ4v) is 4.45. The van der Waals surface area contributed by atoms with Gasteiger partial charge < -0.3 is 19.5 Å². The molecule has 3 aromatic carbocycles. The minimum atomic E-state index is -0.580. The third-order valence-electron chi connectivity index (χ3n) is 5.24. The van der Waals surface area contributed by atoms with Crippen molar-refractivity contribution in [3.63, 3.8) is 0 Å². The Labute approximate surface area is 208 Å². The lowest BCUT2D eigenvalue weighted by atomic mass is 10.2. The van der Waals surface area contributed by atoms with Crippen molar-refractivity contribution in [3.8, 4) is 27.8 Å². The van der Waals surface area contributed by atoms with Gasteiger partial charge in [0.25, 0.3) is 5.91 Å². The summed E-state index contributed by atoms with van der Waals surface area (Å²) in [7, 11) is 0. The molecule has 0 atom stereocenters. The molecule has 0 unspecified atom stereocenters. The van der Waals surface area contributed by atoms with Crippen LogP contribution in [0.4, 0.5) is 8.78 Å². The Kier molecular flexibility index (Phi) is 6.52. The van der Waals surface area contributed by atoms with Crippen LogP contribution in [0, 0.1) is 11.6 Å². The number of hydrogen-bond acceptors (Lipinski definition) is 6. The summed E-state index contributed by atoms with van der Waals surface area (Å²) in [6.07, 6.45) is 0. The minimum absolute atomic E-state index is 0.144. The van der Waals surface area contributed by atoms with Gasteiger partial charge in [0.2, 0.25) is 6.79 Å². The first-order valence-corrected chi connectivity index (χ1v) is 11.7. The quantitative estimate of drug-likeness (QED) is 0.328. The number of thiazole rings is 1. The van der Waals surface area contributed by atoms with Gasteiger partial charge in [-0.3, -0.25) is 4.79 Å². The van der Waals surface area contributed by atoms with E-state index in [9.17, 15) is 13.6 Å². The van der Waals surface area contributed by atoms with Crippen LogP contribution >= 0.6 is 22.9 Å². The standard InChI is InChI=1S/C25H17ClF2N2O4S/c26-18-2-1-3-19(27)17(18)11-32-15-5-6-16(20(28)9-15)25-30-21(12-35-25)24(31)29-10-14-4-7-22-23(8-14)34-13-33-22/h1-9,12H,10-11,13H2,(H,29,31). The summed E-state index contributed by atoms with van der Waals surface area (Å²) >= 11 is 7.14. The molecular formula is C25H17ClF2N2O4S. The van der Waals surface area contributed by atoms with E-state index in [0.29, 0.717) is 16.5 Å². The third-order valence-corrected chi connectivity index (χ3v) is 6.47. The summed E-state index contributed by atoms with van der Waals surface area (Å²) < 4.78 is 44.8. The summed E-state index contributed by atoms with van der Waals surface area (Å²) in [5.41, 5.74) is 1.44. The van der Waals surface area contributed by atoms with Gasteiger partial charge in [-0.2, -0.15) is 0 Å². The van der Waals surface area contributed by atoms with Crippen molar-refractivity contribution in [1.82, 2.24) is 10.3 Å². The Bertz CT molecular complexity index is 1390. The molecule has 4 aromatic rings. The van der Waals surface area contributed by atoms with Crippen LogP contribution < -0.4 is 19.5 Å². The van der Waals surface area contributed by atoms with Crippen LogP contribution in [0.3, 0.4) is 0 Å². The van der Waals surface area contributed by atoms with Crippen LogP contribution in [0.5, 0.6) is 17.2 Å². The minimum Gasteiger partial charge on any atom is -0.489 e. The number of halogens is 3. The Hall–Kier alpha value is -3.69. The highest BCUT2D eigenvalue weighted by molar-refractivity contribution is 7.13. The van der Waals surface area contributed by atoms with Crippen molar-refractivity contribution in [2.24, 2.45) is 0 Å². The number of hydrogen-bond donors (Lipinski definition) is 1. The van der Waals surface area contributed by atoms with Crippen molar-refractivity contribution in [1.29, 1.82) is 0 Å². The maximum absolute atomic E-state index is 14.8. The van der Waals surface area contributed by atoms with E-state index in [2.05, 4.69) is 10.3 Å². The van der Waals surface area contributed by atoms with Gasteiger partial charge >= 0.3 is 0 Å². The summed E-state index contributed by atoms with van der Waals surface area (Å²) in [6.45, 7) is 0.306. The van der Waals surface area contributed by atoms with Crippen molar-refractivity contribution < 1.29 is 27.8 Å². The normalized spacial score (nSPS) is 12.0. The molecule has 1 aromatic heterocycles. The zero-order valence-corrected chi connectivity index (χ0v) is 19.6. The molecule has 0 aliphatic carbocycles. The average molecular weight is 515 g/mol. The second-order valence-electron chi connectivity index (χ2n) is 7.54. The molecule has 10 heteroatoms. The smallest absolute Gasteiger partial charge is 0.271 e. The van der Waals surface area contributed by atoms with E-state index in [-0.39, 0.29) is 53.4 Å². The first kappa shape index (κ1) is 23.1. The number of rotatable bonds is 7. The Morgan fingerprint density at radius 2 is 1.94 bits per heavy atom. The van der Waals surface area contributed by atoms with E-state index in [1.807, 2.05) is 6.07 Å². The highest BCUT2D eigenvalue weighted by Crippen LogP contribution is 2.33. The molecule has 1 N–H and O–H groups in total. The van der Waals surface area contributed by atoms with Crippen molar-refractivity contribution >= 4 is 28.8 Å². The lowest BCUT2D eigenvalue weighted by Crippen LogP contribution is -2.23. The molecule has 1 aliphatic heterocycles. The van der Waals surface area contributed by atoms with Gasteiger partial charge in [-0.25, -0.2) is 13.8 Å². The molecule has 5 rings (SSSR count). The van der Waals surface area contributed by atoms with E-state index in [0.717, 1.165) is 16.9 Å². The Morgan fingerprint density at radius 1 is 1.09 bits per heavy atom. The van der Waals surface area contributed by atoms with E-state index >= 15 is 0 Å². The second-order valence-corrected chi connectivity index (χ2v) is 8.80. The van der Waals surface area contributed by atoms with E-state index in [1.165, 1.54) is 24.3 Å². The summed E-state index contributed by atoms with van der Waals surface area (Å²) in [5.74, 6) is 0.0490. The molecule has 0 bridgehead atoms. The number of ether oxygens (including phenoxy) is 3. The van der Waals surface area contributed by atoms with Crippen LogP contribution in [0.2, 0.25) is 5.02 Å². The van der Waals surface area contributed by atoms with E-state index < -0.39 is 11.6 Å². The molecule has 35 heavy (non-hydrogen) atoms. The summed E-state index contributed by atoms with van der Waals surface area (Å²) in [4.78, 5) is 16.8. The van der Waals surface area contributed by atoms with Crippen molar-refractivity contribution in [2.45, 2.75) is 13.2 Å². The molecule has 178 valence electrons. The van der Waals surface area contributed by atoms with Gasteiger partial charge in [-0.15, -0.1) is 11.3 Å². The highest BCUT2D eigenvalue weighted by Gasteiger charge is 2.17. The van der Waals surface area contributed by atoms with Crippen molar-refractivity contribution in [2.75, 3.05) is 6.79 Å². The predicted molar refractivity (Wildman–Crippen MR) is 127 cm³/mol. The molecule has 1 amide bonds. The molecule has 0 fully saturated rings. The second kappa shape index (κ2) is 9.89. The Balaban J connectivity index is 1.22. The van der Waals surface area contributed by atoms with Gasteiger partial charge in [0.15, 0.2) is 11.5 Å². The highest BCUT2D eigenvalue weighted by atomic mass is 35.5. The topological polar surface area (TPSA) is 69.7 Å². The summed E-state index contributed by atoms with van der Waals surface area (Å²) in [5, 5.41) is 4.93. The Morgan fingerprint density at radius 3 is 2.77 bits per heavy atom. The first-order chi connectivity index (χ1) is 17.0. The molecule has 0 saturated carbocycles. The molecule has 0 radical (unpaired) electrons. The van der Waals surface area contributed by atoms with Gasteiger partial charge in [-0.1, -0.05) is 23.7 Å². The number of aromatic nitrogens is 1. The number of amides is 1. The summed E-state index contributed by atoms with van der Waals surface area (Å²) in [6, 6.07) is 14.0. The molecule has 0 saturated heterocycles. The molecule has 2 heterocycles. The zero-order valence-electron chi connectivity index (χ0n) is 18.0. The number of carbonyl (C=O) groups excluding carboxylic acids is 1. The lowest BCUT2D eigenvalue weighted by Gasteiger charge is -2.09. The average Bonchev–Trinajstić information content (AvgIpc) is 3.52. The van der Waals surface area contributed by atoms with E-state index in [1.54, 1.807) is 29.6 Å². The molecule has 6 nitrogen and oxygen atoms in total. The number of nitrogens with one attached hydrogen (secondary N) is 1. The molecular weight excluding hydrogens is 498 g/mol. The van der Waals surface area contributed by atoms with Gasteiger partial charge in [0, 0.05) is 29.1 Å². The van der Waals surface area contributed by atoms with Gasteiger partial charge in [0.1, 0.15) is 34.7 Å². The lowest BCUT2D eigenvalue weighted by molar-refractivity contribution is 0.0946. The van der Waals surface area contributed by atoms with Crippen LogP contribution in [0.15, 0.2) is 60.0 Å². The number of nitrogens with zero attached hydrogens (tertiary/aromatic N) is 1. The maximum atomic E-state index is 14.8. The van der Waals surface area contributed by atoms with Crippen LogP contribution in [-0.2, 0) is 13.2 Å². The number of fused-ring (bicyclic) bond motifs is 1. The SMILES string of the molecule is O=C(NCc1ccc2c(c1)OCO2)c1csc(-c2ccc(OCc3c(F)cccc3Cl)cc2F)n1. The van der Waals surface area contributed by atoms with Crippen LogP contribution in [0.25, 0.3) is 10.6 Å². The van der Waals surface area contributed by atoms with Gasteiger partial charge in [0.05, 0.1) is 5.02 Å². The fraction of sp³-hybridized carbons (Fsp3) is 0.120.